The van der Waals surface area contributed by atoms with Gasteiger partial charge in [-0.1, -0.05) is 18.2 Å². The zero-order valence-corrected chi connectivity index (χ0v) is 16.3. The SMILES string of the molecule is O=C(Nc1ccccc1)c1ccc(N2CCC(C(=O)c3ccc(F)cc3)CC2)nn1. The Bertz CT molecular complexity index is 1020. The summed E-state index contributed by atoms with van der Waals surface area (Å²) >= 11 is 0. The summed E-state index contributed by atoms with van der Waals surface area (Å²) in [6.45, 7) is 1.34. The van der Waals surface area contributed by atoms with Gasteiger partial charge in [0.2, 0.25) is 0 Å². The molecule has 2 aromatic carbocycles. The average molecular weight is 404 g/mol. The normalized spacial score (nSPS) is 14.4. The zero-order valence-electron chi connectivity index (χ0n) is 16.3. The van der Waals surface area contributed by atoms with Crippen molar-refractivity contribution in [2.24, 2.45) is 5.92 Å². The van der Waals surface area contributed by atoms with Crippen molar-refractivity contribution in [1.82, 2.24) is 10.2 Å². The number of nitrogens with zero attached hydrogens (tertiary/aromatic N) is 3. The molecule has 0 unspecified atom stereocenters. The Morgan fingerprint density at radius 1 is 0.900 bits per heavy atom. The fraction of sp³-hybridized carbons (Fsp3) is 0.217. The van der Waals surface area contributed by atoms with Gasteiger partial charge in [0.25, 0.3) is 5.91 Å². The van der Waals surface area contributed by atoms with E-state index in [1.807, 2.05) is 18.2 Å². The van der Waals surface area contributed by atoms with Crippen LogP contribution in [0.15, 0.2) is 66.7 Å². The summed E-state index contributed by atoms with van der Waals surface area (Å²) in [4.78, 5) is 27.0. The molecular formula is C23H21FN4O2. The van der Waals surface area contributed by atoms with Crippen LogP contribution in [-0.4, -0.2) is 35.0 Å². The van der Waals surface area contributed by atoms with Crippen molar-refractivity contribution in [3.63, 3.8) is 0 Å². The second kappa shape index (κ2) is 8.82. The lowest BCUT2D eigenvalue weighted by molar-refractivity contribution is 0.0899. The van der Waals surface area contributed by atoms with Crippen LogP contribution in [0.25, 0.3) is 0 Å². The number of carbonyl (C=O) groups excluding carboxylic acids is 2. The number of amides is 1. The number of nitrogens with one attached hydrogen (secondary N) is 1. The van der Waals surface area contributed by atoms with Crippen molar-refractivity contribution in [1.29, 1.82) is 0 Å². The third kappa shape index (κ3) is 4.51. The predicted molar refractivity (Wildman–Crippen MR) is 112 cm³/mol. The van der Waals surface area contributed by atoms with Gasteiger partial charge in [-0.05, 0) is 61.4 Å². The third-order valence-electron chi connectivity index (χ3n) is 5.23. The predicted octanol–water partition coefficient (Wildman–Crippen LogP) is 3.97. The van der Waals surface area contributed by atoms with E-state index in [1.54, 1.807) is 24.3 Å². The maximum absolute atomic E-state index is 13.1. The highest BCUT2D eigenvalue weighted by Gasteiger charge is 2.26. The van der Waals surface area contributed by atoms with Gasteiger partial charge in [-0.25, -0.2) is 4.39 Å². The number of halogens is 1. The van der Waals surface area contributed by atoms with Crippen molar-refractivity contribution in [2.45, 2.75) is 12.8 Å². The zero-order chi connectivity index (χ0) is 20.9. The van der Waals surface area contributed by atoms with Crippen LogP contribution >= 0.6 is 0 Å². The first-order valence-electron chi connectivity index (χ1n) is 9.85. The van der Waals surface area contributed by atoms with E-state index in [1.165, 1.54) is 24.3 Å². The van der Waals surface area contributed by atoms with Crippen molar-refractivity contribution in [3.8, 4) is 0 Å². The Kier molecular flexibility index (Phi) is 5.79. The van der Waals surface area contributed by atoms with Gasteiger partial charge in [0.1, 0.15) is 5.82 Å². The lowest BCUT2D eigenvalue weighted by atomic mass is 9.89. The average Bonchev–Trinajstić information content (AvgIpc) is 2.80. The van der Waals surface area contributed by atoms with Crippen LogP contribution in [0.4, 0.5) is 15.9 Å². The highest BCUT2D eigenvalue weighted by Crippen LogP contribution is 2.25. The smallest absolute Gasteiger partial charge is 0.276 e. The maximum atomic E-state index is 13.1. The van der Waals surface area contributed by atoms with Crippen molar-refractivity contribution in [3.05, 3.63) is 83.8 Å². The molecule has 1 fully saturated rings. The van der Waals surface area contributed by atoms with E-state index >= 15 is 0 Å². The number of piperidine rings is 1. The fourth-order valence-corrected chi connectivity index (χ4v) is 3.55. The first kappa shape index (κ1) is 19.7. The number of aromatic nitrogens is 2. The molecule has 0 saturated carbocycles. The molecule has 0 aliphatic carbocycles. The highest BCUT2D eigenvalue weighted by atomic mass is 19.1. The molecule has 30 heavy (non-hydrogen) atoms. The van der Waals surface area contributed by atoms with Gasteiger partial charge in [0.15, 0.2) is 17.3 Å². The Hall–Kier alpha value is -3.61. The molecule has 2 heterocycles. The number of benzene rings is 2. The summed E-state index contributed by atoms with van der Waals surface area (Å²) in [5.74, 6) is -0.0205. The Morgan fingerprint density at radius 3 is 2.23 bits per heavy atom. The number of rotatable bonds is 5. The quantitative estimate of drug-likeness (QED) is 0.652. The molecule has 1 amide bonds. The number of hydrogen-bond donors (Lipinski definition) is 1. The molecule has 1 aromatic heterocycles. The van der Waals surface area contributed by atoms with E-state index in [2.05, 4.69) is 20.4 Å². The Labute approximate surface area is 173 Å². The van der Waals surface area contributed by atoms with Crippen molar-refractivity contribution in [2.75, 3.05) is 23.3 Å². The minimum Gasteiger partial charge on any atom is -0.355 e. The molecule has 1 aliphatic rings. The van der Waals surface area contributed by atoms with Crippen LogP contribution in [0.5, 0.6) is 0 Å². The summed E-state index contributed by atoms with van der Waals surface area (Å²) < 4.78 is 13.1. The van der Waals surface area contributed by atoms with E-state index < -0.39 is 0 Å². The second-order valence-corrected chi connectivity index (χ2v) is 7.23. The summed E-state index contributed by atoms with van der Waals surface area (Å²) in [6, 6.07) is 18.3. The topological polar surface area (TPSA) is 75.2 Å². The largest absolute Gasteiger partial charge is 0.355 e. The molecule has 0 spiro atoms. The number of ketones is 1. The van der Waals surface area contributed by atoms with E-state index in [4.69, 9.17) is 0 Å². The Morgan fingerprint density at radius 2 is 1.60 bits per heavy atom. The van der Waals surface area contributed by atoms with Crippen molar-refractivity contribution >= 4 is 23.2 Å². The maximum Gasteiger partial charge on any atom is 0.276 e. The molecule has 152 valence electrons. The Balaban J connectivity index is 1.34. The number of para-hydroxylation sites is 1. The summed E-state index contributed by atoms with van der Waals surface area (Å²) in [6.07, 6.45) is 1.38. The van der Waals surface area contributed by atoms with E-state index in [-0.39, 0.29) is 29.1 Å². The number of Topliss-reactive ketones (excluding diaryl/α,β-unsaturated/α-hetero) is 1. The molecule has 0 atom stereocenters. The molecule has 1 N–H and O–H groups in total. The van der Waals surface area contributed by atoms with Gasteiger partial charge in [-0.3, -0.25) is 9.59 Å². The molecule has 0 bridgehead atoms. The minimum atomic E-state index is -0.346. The first-order valence-corrected chi connectivity index (χ1v) is 9.85. The van der Waals surface area contributed by atoms with Gasteiger partial charge in [0.05, 0.1) is 0 Å². The van der Waals surface area contributed by atoms with Gasteiger partial charge in [-0.2, -0.15) is 0 Å². The summed E-state index contributed by atoms with van der Waals surface area (Å²) in [7, 11) is 0. The molecular weight excluding hydrogens is 383 g/mol. The van der Waals surface area contributed by atoms with Crippen LogP contribution in [0.2, 0.25) is 0 Å². The number of carbonyl (C=O) groups is 2. The van der Waals surface area contributed by atoms with E-state index in [0.717, 1.165) is 0 Å². The molecule has 1 saturated heterocycles. The summed E-state index contributed by atoms with van der Waals surface area (Å²) in [5, 5.41) is 11.0. The minimum absolute atomic E-state index is 0.0497. The molecule has 7 heteroatoms. The molecule has 4 rings (SSSR count). The standard InChI is InChI=1S/C23H21FN4O2/c24-18-8-6-16(7-9-18)22(29)17-12-14-28(15-13-17)21-11-10-20(26-27-21)23(30)25-19-4-2-1-3-5-19/h1-11,17H,12-15H2,(H,25,30). The first-order chi connectivity index (χ1) is 14.6. The number of anilines is 2. The van der Waals surface area contributed by atoms with Crippen LogP contribution in [0, 0.1) is 11.7 Å². The summed E-state index contributed by atoms with van der Waals surface area (Å²) in [5.41, 5.74) is 1.48. The van der Waals surface area contributed by atoms with Gasteiger partial charge >= 0.3 is 0 Å². The van der Waals surface area contributed by atoms with Crippen LogP contribution in [-0.2, 0) is 0 Å². The molecule has 1 aliphatic heterocycles. The van der Waals surface area contributed by atoms with Crippen molar-refractivity contribution < 1.29 is 14.0 Å². The highest BCUT2D eigenvalue weighted by molar-refractivity contribution is 6.02. The molecule has 6 nitrogen and oxygen atoms in total. The fourth-order valence-electron chi connectivity index (χ4n) is 3.55. The van der Waals surface area contributed by atoms with Gasteiger partial charge in [-0.15, -0.1) is 10.2 Å². The lowest BCUT2D eigenvalue weighted by Gasteiger charge is -2.31. The van der Waals surface area contributed by atoms with Crippen LogP contribution in [0.1, 0.15) is 33.7 Å². The lowest BCUT2D eigenvalue weighted by Crippen LogP contribution is -2.37. The van der Waals surface area contributed by atoms with Crippen LogP contribution in [0.3, 0.4) is 0 Å². The van der Waals surface area contributed by atoms with E-state index in [0.29, 0.717) is 43.0 Å². The van der Waals surface area contributed by atoms with E-state index in [9.17, 15) is 14.0 Å². The number of hydrogen-bond acceptors (Lipinski definition) is 5. The second-order valence-electron chi connectivity index (χ2n) is 7.23. The third-order valence-corrected chi connectivity index (χ3v) is 5.23. The monoisotopic (exact) mass is 404 g/mol. The van der Waals surface area contributed by atoms with Gasteiger partial charge < -0.3 is 10.2 Å². The molecule has 3 aromatic rings. The van der Waals surface area contributed by atoms with Gasteiger partial charge in [0, 0.05) is 30.3 Å². The molecule has 0 radical (unpaired) electrons. The van der Waals surface area contributed by atoms with Crippen LogP contribution < -0.4 is 10.2 Å².